The third kappa shape index (κ3) is 4.16. The predicted octanol–water partition coefficient (Wildman–Crippen LogP) is 2.11. The fourth-order valence-corrected chi connectivity index (χ4v) is 1.91. The zero-order valence-electron chi connectivity index (χ0n) is 12.0. The minimum Gasteiger partial charge on any atom is -0.493 e. The van der Waals surface area contributed by atoms with E-state index in [0.29, 0.717) is 5.92 Å². The van der Waals surface area contributed by atoms with Crippen molar-refractivity contribution in [3.63, 3.8) is 0 Å². The summed E-state index contributed by atoms with van der Waals surface area (Å²) in [6, 6.07) is 8.23. The zero-order valence-corrected chi connectivity index (χ0v) is 12.0. The second kappa shape index (κ2) is 6.45. The minimum absolute atomic E-state index is 0.545. The van der Waals surface area contributed by atoms with E-state index in [9.17, 15) is 0 Å². The highest BCUT2D eigenvalue weighted by molar-refractivity contribution is 5.81. The SMILES string of the molecule is CC(C)COc1cccc(CNC2=NCCN2C)c1. The van der Waals surface area contributed by atoms with Crippen molar-refractivity contribution in [1.82, 2.24) is 10.2 Å². The predicted molar refractivity (Wildman–Crippen MR) is 78.5 cm³/mol. The first-order valence-corrected chi connectivity index (χ1v) is 6.86. The highest BCUT2D eigenvalue weighted by atomic mass is 16.5. The van der Waals surface area contributed by atoms with E-state index in [1.54, 1.807) is 0 Å². The van der Waals surface area contributed by atoms with Gasteiger partial charge in [-0.2, -0.15) is 0 Å². The largest absolute Gasteiger partial charge is 0.493 e. The number of nitrogens with zero attached hydrogens (tertiary/aromatic N) is 2. The van der Waals surface area contributed by atoms with E-state index >= 15 is 0 Å². The van der Waals surface area contributed by atoms with E-state index in [-0.39, 0.29) is 0 Å². The van der Waals surface area contributed by atoms with Gasteiger partial charge in [0.2, 0.25) is 0 Å². The van der Waals surface area contributed by atoms with Gasteiger partial charge in [0, 0.05) is 20.1 Å². The lowest BCUT2D eigenvalue weighted by Crippen LogP contribution is -2.35. The maximum atomic E-state index is 5.73. The molecule has 0 aromatic heterocycles. The fraction of sp³-hybridized carbons (Fsp3) is 0.533. The Hall–Kier alpha value is -1.71. The van der Waals surface area contributed by atoms with Crippen molar-refractivity contribution in [3.8, 4) is 5.75 Å². The van der Waals surface area contributed by atoms with Crippen LogP contribution in [0.5, 0.6) is 5.75 Å². The molecular weight excluding hydrogens is 238 g/mol. The number of likely N-dealkylation sites (N-methyl/N-ethyl adjacent to an activating group) is 1. The summed E-state index contributed by atoms with van der Waals surface area (Å²) in [5.74, 6) is 2.46. The van der Waals surface area contributed by atoms with E-state index < -0.39 is 0 Å². The number of hydrogen-bond donors (Lipinski definition) is 1. The molecule has 0 saturated carbocycles. The smallest absolute Gasteiger partial charge is 0.194 e. The number of nitrogens with one attached hydrogen (secondary N) is 1. The molecule has 0 aliphatic carbocycles. The van der Waals surface area contributed by atoms with Gasteiger partial charge in [-0.25, -0.2) is 0 Å². The van der Waals surface area contributed by atoms with Gasteiger partial charge in [0.05, 0.1) is 13.2 Å². The van der Waals surface area contributed by atoms with Crippen LogP contribution in [0.2, 0.25) is 0 Å². The van der Waals surface area contributed by atoms with Crippen LogP contribution in [-0.2, 0) is 6.54 Å². The van der Waals surface area contributed by atoms with Gasteiger partial charge < -0.3 is 15.0 Å². The number of guanidine groups is 1. The van der Waals surface area contributed by atoms with Crippen LogP contribution in [0.3, 0.4) is 0 Å². The molecule has 0 bridgehead atoms. The monoisotopic (exact) mass is 261 g/mol. The summed E-state index contributed by atoms with van der Waals surface area (Å²) in [5, 5.41) is 3.36. The molecular formula is C15H23N3O. The Kier molecular flexibility index (Phi) is 4.66. The van der Waals surface area contributed by atoms with Crippen molar-refractivity contribution < 1.29 is 4.74 Å². The Balaban J connectivity index is 1.88. The van der Waals surface area contributed by atoms with Crippen LogP contribution < -0.4 is 10.1 Å². The molecule has 0 atom stereocenters. The summed E-state index contributed by atoms with van der Waals surface area (Å²) in [7, 11) is 2.06. The van der Waals surface area contributed by atoms with Gasteiger partial charge in [-0.15, -0.1) is 0 Å². The maximum absolute atomic E-state index is 5.73. The third-order valence-corrected chi connectivity index (χ3v) is 2.99. The summed E-state index contributed by atoms with van der Waals surface area (Å²) < 4.78 is 5.73. The number of benzene rings is 1. The summed E-state index contributed by atoms with van der Waals surface area (Å²) in [6.45, 7) is 7.73. The average Bonchev–Trinajstić information content (AvgIpc) is 2.80. The highest BCUT2D eigenvalue weighted by Crippen LogP contribution is 2.14. The van der Waals surface area contributed by atoms with E-state index in [0.717, 1.165) is 38.0 Å². The summed E-state index contributed by atoms with van der Waals surface area (Å²) in [4.78, 5) is 6.55. The number of rotatable bonds is 5. The molecule has 4 heteroatoms. The number of hydrogen-bond acceptors (Lipinski definition) is 4. The minimum atomic E-state index is 0.545. The normalized spacial score (nSPS) is 14.7. The van der Waals surface area contributed by atoms with Gasteiger partial charge in [-0.1, -0.05) is 26.0 Å². The van der Waals surface area contributed by atoms with Crippen LogP contribution in [0, 0.1) is 5.92 Å². The van der Waals surface area contributed by atoms with Gasteiger partial charge >= 0.3 is 0 Å². The molecule has 1 aliphatic heterocycles. The average molecular weight is 261 g/mol. The Labute approximate surface area is 115 Å². The Morgan fingerprint density at radius 2 is 2.26 bits per heavy atom. The molecule has 4 nitrogen and oxygen atoms in total. The molecule has 1 aromatic rings. The molecule has 19 heavy (non-hydrogen) atoms. The van der Waals surface area contributed by atoms with Crippen molar-refractivity contribution in [2.45, 2.75) is 20.4 Å². The van der Waals surface area contributed by atoms with E-state index in [1.165, 1.54) is 5.56 Å². The van der Waals surface area contributed by atoms with Crippen molar-refractivity contribution in [2.24, 2.45) is 10.9 Å². The van der Waals surface area contributed by atoms with Gasteiger partial charge in [0.15, 0.2) is 5.96 Å². The standard InChI is InChI=1S/C15H23N3O/c1-12(2)11-19-14-6-4-5-13(9-14)10-17-15-16-7-8-18(15)3/h4-6,9,12H,7-8,10-11H2,1-3H3,(H,16,17). The number of aliphatic imine (C=N–C) groups is 1. The molecule has 0 saturated heterocycles. The zero-order chi connectivity index (χ0) is 13.7. The molecule has 2 rings (SSSR count). The van der Waals surface area contributed by atoms with E-state index in [2.05, 4.69) is 48.2 Å². The number of ether oxygens (including phenoxy) is 1. The molecule has 0 spiro atoms. The molecule has 1 heterocycles. The van der Waals surface area contributed by atoms with Crippen LogP contribution in [0.25, 0.3) is 0 Å². The lowest BCUT2D eigenvalue weighted by Gasteiger charge is -2.15. The Bertz CT molecular complexity index is 443. The second-order valence-electron chi connectivity index (χ2n) is 5.33. The summed E-state index contributed by atoms with van der Waals surface area (Å²) >= 11 is 0. The van der Waals surface area contributed by atoms with Crippen LogP contribution in [0.4, 0.5) is 0 Å². The molecule has 104 valence electrons. The quantitative estimate of drug-likeness (QED) is 0.882. The Morgan fingerprint density at radius 1 is 1.42 bits per heavy atom. The molecule has 0 fully saturated rings. The van der Waals surface area contributed by atoms with Crippen molar-refractivity contribution in [1.29, 1.82) is 0 Å². The maximum Gasteiger partial charge on any atom is 0.194 e. The molecule has 0 amide bonds. The lowest BCUT2D eigenvalue weighted by atomic mass is 10.2. The molecule has 1 aromatic carbocycles. The molecule has 1 N–H and O–H groups in total. The molecule has 0 radical (unpaired) electrons. The van der Waals surface area contributed by atoms with Crippen molar-refractivity contribution in [2.75, 3.05) is 26.7 Å². The summed E-state index contributed by atoms with van der Waals surface area (Å²) in [5.41, 5.74) is 1.21. The fourth-order valence-electron chi connectivity index (χ4n) is 1.91. The van der Waals surface area contributed by atoms with Crippen LogP contribution in [0.15, 0.2) is 29.3 Å². The molecule has 1 aliphatic rings. The van der Waals surface area contributed by atoms with Crippen LogP contribution >= 0.6 is 0 Å². The van der Waals surface area contributed by atoms with Crippen molar-refractivity contribution in [3.05, 3.63) is 29.8 Å². The second-order valence-corrected chi connectivity index (χ2v) is 5.33. The highest BCUT2D eigenvalue weighted by Gasteiger charge is 2.11. The first-order chi connectivity index (χ1) is 9.15. The van der Waals surface area contributed by atoms with Gasteiger partial charge in [-0.05, 0) is 23.6 Å². The van der Waals surface area contributed by atoms with Crippen molar-refractivity contribution >= 4 is 5.96 Å². The van der Waals surface area contributed by atoms with Gasteiger partial charge in [0.1, 0.15) is 5.75 Å². The van der Waals surface area contributed by atoms with E-state index in [4.69, 9.17) is 4.74 Å². The molecule has 0 unspecified atom stereocenters. The first kappa shape index (κ1) is 13.7. The van der Waals surface area contributed by atoms with Crippen LogP contribution in [0.1, 0.15) is 19.4 Å². The Morgan fingerprint density at radius 3 is 2.95 bits per heavy atom. The van der Waals surface area contributed by atoms with Gasteiger partial charge in [-0.3, -0.25) is 4.99 Å². The first-order valence-electron chi connectivity index (χ1n) is 6.86. The lowest BCUT2D eigenvalue weighted by molar-refractivity contribution is 0.271. The van der Waals surface area contributed by atoms with Crippen LogP contribution in [-0.4, -0.2) is 37.6 Å². The summed E-state index contributed by atoms with van der Waals surface area (Å²) in [6.07, 6.45) is 0. The topological polar surface area (TPSA) is 36.9 Å². The van der Waals surface area contributed by atoms with Gasteiger partial charge in [0.25, 0.3) is 0 Å². The third-order valence-electron chi connectivity index (χ3n) is 2.99. The van der Waals surface area contributed by atoms with E-state index in [1.807, 2.05) is 12.1 Å².